The Hall–Kier alpha value is -3.09. The minimum absolute atomic E-state index is 0.0287. The largest absolute Gasteiger partial charge is 0.504 e. The molecule has 30 heavy (non-hydrogen) atoms. The van der Waals surface area contributed by atoms with Crippen LogP contribution in [0.1, 0.15) is 29.8 Å². The van der Waals surface area contributed by atoms with E-state index in [1.807, 2.05) is 19.9 Å². The number of methoxy groups -OCH3 is 5. The Morgan fingerprint density at radius 2 is 1.37 bits per heavy atom. The number of ether oxygens (including phenoxy) is 5. The molecule has 0 amide bonds. The highest BCUT2D eigenvalue weighted by atomic mass is 16.5. The summed E-state index contributed by atoms with van der Waals surface area (Å²) < 4.78 is 27.5. The maximum Gasteiger partial charge on any atom is 0.203 e. The molecule has 162 valence electrons. The van der Waals surface area contributed by atoms with Crippen LogP contribution in [0.3, 0.4) is 0 Å². The Morgan fingerprint density at radius 3 is 1.90 bits per heavy atom. The summed E-state index contributed by atoms with van der Waals surface area (Å²) in [5, 5.41) is 11.2. The molecule has 0 saturated carbocycles. The van der Waals surface area contributed by atoms with E-state index in [0.717, 1.165) is 5.56 Å². The monoisotopic (exact) mass is 416 g/mol. The van der Waals surface area contributed by atoms with Crippen LogP contribution in [0.2, 0.25) is 0 Å². The summed E-state index contributed by atoms with van der Waals surface area (Å²) in [4.78, 5) is 13.4. The molecule has 3 rings (SSSR count). The fraction of sp³-hybridized carbons (Fsp3) is 0.435. The van der Waals surface area contributed by atoms with Crippen LogP contribution >= 0.6 is 0 Å². The van der Waals surface area contributed by atoms with Crippen molar-refractivity contribution < 1.29 is 33.6 Å². The van der Waals surface area contributed by atoms with Crippen LogP contribution < -0.4 is 23.7 Å². The van der Waals surface area contributed by atoms with Gasteiger partial charge < -0.3 is 28.8 Å². The molecule has 2 aromatic carbocycles. The Morgan fingerprint density at radius 1 is 0.800 bits per heavy atom. The van der Waals surface area contributed by atoms with Gasteiger partial charge in [-0.05, 0) is 30.0 Å². The second-order valence-corrected chi connectivity index (χ2v) is 7.40. The van der Waals surface area contributed by atoms with Crippen molar-refractivity contribution >= 4 is 5.78 Å². The summed E-state index contributed by atoms with van der Waals surface area (Å²) in [7, 11) is 7.46. The van der Waals surface area contributed by atoms with Gasteiger partial charge in [0.15, 0.2) is 28.8 Å². The molecule has 0 saturated heterocycles. The van der Waals surface area contributed by atoms with Crippen LogP contribution in [0.25, 0.3) is 11.1 Å². The number of phenolic OH excluding ortho intramolecular Hbond substituents is 1. The molecule has 0 fully saturated rings. The highest BCUT2D eigenvalue weighted by Gasteiger charge is 2.36. The van der Waals surface area contributed by atoms with E-state index in [2.05, 4.69) is 0 Å². The van der Waals surface area contributed by atoms with Gasteiger partial charge in [0, 0.05) is 22.6 Å². The molecule has 0 aliphatic heterocycles. The Balaban J connectivity index is 2.54. The SMILES string of the molecule is COc1cc2c(c(O)c1OC)-c1c(cc(OC)c(OC)c1OC)C(=O)C(C)C(C)C2. The molecule has 2 unspecified atom stereocenters. The number of benzene rings is 2. The number of rotatable bonds is 5. The van der Waals surface area contributed by atoms with Crippen molar-refractivity contribution in [2.24, 2.45) is 11.8 Å². The van der Waals surface area contributed by atoms with E-state index in [9.17, 15) is 9.90 Å². The number of ketones is 1. The highest BCUT2D eigenvalue weighted by molar-refractivity contribution is 6.08. The molecule has 2 aromatic rings. The average molecular weight is 416 g/mol. The number of carbonyl (C=O) groups is 1. The molecular weight excluding hydrogens is 388 g/mol. The molecule has 1 N–H and O–H groups in total. The summed E-state index contributed by atoms with van der Waals surface area (Å²) >= 11 is 0. The van der Waals surface area contributed by atoms with Gasteiger partial charge in [-0.3, -0.25) is 4.79 Å². The zero-order valence-corrected chi connectivity index (χ0v) is 18.4. The zero-order valence-electron chi connectivity index (χ0n) is 18.4. The van der Waals surface area contributed by atoms with E-state index in [4.69, 9.17) is 23.7 Å². The van der Waals surface area contributed by atoms with Crippen LogP contribution in [0.4, 0.5) is 0 Å². The predicted octanol–water partition coefficient (Wildman–Crippen LogP) is 4.11. The van der Waals surface area contributed by atoms with Crippen molar-refractivity contribution in [1.29, 1.82) is 0 Å². The Bertz CT molecular complexity index is 980. The zero-order chi connectivity index (χ0) is 22.2. The number of fused-ring (bicyclic) bond motifs is 3. The maximum absolute atomic E-state index is 13.4. The lowest BCUT2D eigenvalue weighted by Gasteiger charge is -2.29. The smallest absolute Gasteiger partial charge is 0.203 e. The Labute approximate surface area is 176 Å². The van der Waals surface area contributed by atoms with Crippen molar-refractivity contribution in [3.63, 3.8) is 0 Å². The first-order valence-corrected chi connectivity index (χ1v) is 9.68. The first-order valence-electron chi connectivity index (χ1n) is 9.68. The summed E-state index contributed by atoms with van der Waals surface area (Å²) in [6.45, 7) is 3.93. The summed E-state index contributed by atoms with van der Waals surface area (Å²) in [5.41, 5.74) is 2.14. The van der Waals surface area contributed by atoms with E-state index in [1.165, 1.54) is 35.5 Å². The third kappa shape index (κ3) is 3.18. The number of hydrogen-bond acceptors (Lipinski definition) is 7. The van der Waals surface area contributed by atoms with Crippen molar-refractivity contribution in [2.75, 3.05) is 35.5 Å². The molecule has 0 aromatic heterocycles. The third-order valence-electron chi connectivity index (χ3n) is 5.88. The van der Waals surface area contributed by atoms with Crippen molar-refractivity contribution in [3.8, 4) is 45.6 Å². The fourth-order valence-electron chi connectivity index (χ4n) is 4.09. The van der Waals surface area contributed by atoms with Gasteiger partial charge in [-0.25, -0.2) is 0 Å². The minimum Gasteiger partial charge on any atom is -0.504 e. The van der Waals surface area contributed by atoms with Crippen LogP contribution in [-0.4, -0.2) is 46.4 Å². The normalized spacial score (nSPS) is 17.9. The van der Waals surface area contributed by atoms with E-state index in [-0.39, 0.29) is 29.1 Å². The molecule has 0 bridgehead atoms. The topological polar surface area (TPSA) is 83.5 Å². The third-order valence-corrected chi connectivity index (χ3v) is 5.88. The number of hydrogen-bond donors (Lipinski definition) is 1. The number of phenols is 1. The predicted molar refractivity (Wildman–Crippen MR) is 113 cm³/mol. The van der Waals surface area contributed by atoms with Gasteiger partial charge in [0.25, 0.3) is 0 Å². The van der Waals surface area contributed by atoms with Gasteiger partial charge in [0.2, 0.25) is 11.5 Å². The van der Waals surface area contributed by atoms with Gasteiger partial charge >= 0.3 is 0 Å². The molecule has 7 nitrogen and oxygen atoms in total. The van der Waals surface area contributed by atoms with Crippen LogP contribution in [0, 0.1) is 11.8 Å². The van der Waals surface area contributed by atoms with Gasteiger partial charge in [0.1, 0.15) is 0 Å². The van der Waals surface area contributed by atoms with Crippen molar-refractivity contribution in [3.05, 3.63) is 23.3 Å². The first kappa shape index (κ1) is 21.6. The second-order valence-electron chi connectivity index (χ2n) is 7.40. The van der Waals surface area contributed by atoms with E-state index in [1.54, 1.807) is 6.07 Å². The lowest BCUT2D eigenvalue weighted by atomic mass is 9.77. The molecular formula is C23H28O7. The molecule has 1 aliphatic carbocycles. The lowest BCUT2D eigenvalue weighted by molar-refractivity contribution is 0.0892. The van der Waals surface area contributed by atoms with E-state index >= 15 is 0 Å². The van der Waals surface area contributed by atoms with Gasteiger partial charge in [-0.15, -0.1) is 0 Å². The molecule has 7 heteroatoms. The van der Waals surface area contributed by atoms with Crippen molar-refractivity contribution in [1.82, 2.24) is 0 Å². The number of aromatic hydroxyl groups is 1. The quantitative estimate of drug-likeness (QED) is 0.785. The molecule has 0 heterocycles. The van der Waals surface area contributed by atoms with E-state index in [0.29, 0.717) is 46.1 Å². The Kier molecular flexibility index (Phi) is 6.01. The highest BCUT2D eigenvalue weighted by Crippen LogP contribution is 2.55. The van der Waals surface area contributed by atoms with E-state index < -0.39 is 0 Å². The van der Waals surface area contributed by atoms with Crippen LogP contribution in [-0.2, 0) is 6.42 Å². The maximum atomic E-state index is 13.4. The average Bonchev–Trinajstić information content (AvgIpc) is 2.75. The second kappa shape index (κ2) is 8.34. The first-order chi connectivity index (χ1) is 14.3. The van der Waals surface area contributed by atoms with Crippen LogP contribution in [0.15, 0.2) is 12.1 Å². The van der Waals surface area contributed by atoms with Crippen molar-refractivity contribution in [2.45, 2.75) is 20.3 Å². The standard InChI is InChI=1S/C23H28O7/c1-11-8-13-9-15(26-3)21(28-5)20(25)17(13)18-14(19(24)12(11)2)10-16(27-4)22(29-6)23(18)30-7/h9-12,25H,8H2,1-7H3. The number of carbonyl (C=O) groups excluding carboxylic acids is 1. The fourth-order valence-corrected chi connectivity index (χ4v) is 4.09. The molecule has 1 aliphatic rings. The van der Waals surface area contributed by atoms with Gasteiger partial charge in [0.05, 0.1) is 35.5 Å². The summed E-state index contributed by atoms with van der Waals surface area (Å²) in [6.07, 6.45) is 0.563. The molecule has 0 radical (unpaired) electrons. The van der Waals surface area contributed by atoms with Crippen LogP contribution in [0.5, 0.6) is 34.5 Å². The number of Topliss-reactive ketones (excluding diaryl/α,β-unsaturated/α-hetero) is 1. The lowest BCUT2D eigenvalue weighted by Crippen LogP contribution is -2.24. The van der Waals surface area contributed by atoms with Gasteiger partial charge in [-0.1, -0.05) is 13.8 Å². The molecule has 2 atom stereocenters. The minimum atomic E-state index is -0.255. The summed E-state index contributed by atoms with van der Waals surface area (Å²) in [5.74, 6) is 1.23. The molecule has 0 spiro atoms. The summed E-state index contributed by atoms with van der Waals surface area (Å²) in [6, 6.07) is 3.49. The van der Waals surface area contributed by atoms with Gasteiger partial charge in [-0.2, -0.15) is 0 Å².